The zero-order valence-electron chi connectivity index (χ0n) is 13.9. The van der Waals surface area contributed by atoms with E-state index in [9.17, 15) is 8.42 Å². The summed E-state index contributed by atoms with van der Waals surface area (Å²) in [6.07, 6.45) is 4.03. The van der Waals surface area contributed by atoms with Crippen LogP contribution in [0.4, 0.5) is 0 Å². The molecule has 3 N–H and O–H groups in total. The maximum Gasteiger partial charge on any atom is 0.240 e. The summed E-state index contributed by atoms with van der Waals surface area (Å²) in [4.78, 5) is 4.42. The molecule has 2 rings (SSSR count). The van der Waals surface area contributed by atoms with Crippen LogP contribution in [0.3, 0.4) is 0 Å². The van der Waals surface area contributed by atoms with Crippen LogP contribution in [0.2, 0.25) is 0 Å². The zero-order valence-corrected chi connectivity index (χ0v) is 14.7. The SMILES string of the molecule is CN=C(NCCn1cccc1)NCc1ccc(S(=O)(=O)NC)cc1. The molecule has 1 aromatic carbocycles. The summed E-state index contributed by atoms with van der Waals surface area (Å²) < 4.78 is 27.7. The van der Waals surface area contributed by atoms with E-state index in [1.54, 1.807) is 31.3 Å². The molecule has 0 saturated heterocycles. The monoisotopic (exact) mass is 349 g/mol. The Morgan fingerprint density at radius 3 is 2.38 bits per heavy atom. The van der Waals surface area contributed by atoms with Gasteiger partial charge in [-0.05, 0) is 36.9 Å². The molecule has 0 bridgehead atoms. The quantitative estimate of drug-likeness (QED) is 0.509. The minimum atomic E-state index is -3.39. The number of benzene rings is 1. The molecule has 0 spiro atoms. The standard InChI is InChI=1S/C16H23N5O2S/c1-17-16(19-9-12-21-10-3-4-11-21)20-13-14-5-7-15(8-6-14)24(22,23)18-2/h3-8,10-11,18H,9,12-13H2,1-2H3,(H2,17,19,20). The van der Waals surface area contributed by atoms with Crippen LogP contribution in [-0.2, 0) is 23.1 Å². The molecule has 0 atom stereocenters. The second-order valence-corrected chi connectivity index (χ2v) is 7.01. The van der Waals surface area contributed by atoms with Crippen molar-refractivity contribution in [3.05, 3.63) is 54.4 Å². The maximum atomic E-state index is 11.7. The summed E-state index contributed by atoms with van der Waals surface area (Å²) in [6, 6.07) is 10.7. The minimum Gasteiger partial charge on any atom is -0.355 e. The van der Waals surface area contributed by atoms with Crippen molar-refractivity contribution in [3.8, 4) is 0 Å². The summed E-state index contributed by atoms with van der Waals surface area (Å²) >= 11 is 0. The Kier molecular flexibility index (Phi) is 6.39. The average Bonchev–Trinajstić information content (AvgIpc) is 3.11. The van der Waals surface area contributed by atoms with Crippen LogP contribution < -0.4 is 15.4 Å². The van der Waals surface area contributed by atoms with Gasteiger partial charge in [0.15, 0.2) is 5.96 Å². The van der Waals surface area contributed by atoms with Gasteiger partial charge in [-0.2, -0.15) is 0 Å². The van der Waals surface area contributed by atoms with Crippen LogP contribution in [-0.4, -0.2) is 39.6 Å². The van der Waals surface area contributed by atoms with Crippen molar-refractivity contribution >= 4 is 16.0 Å². The first kappa shape index (κ1) is 18.0. The fraction of sp³-hybridized carbons (Fsp3) is 0.312. The van der Waals surface area contributed by atoms with Gasteiger partial charge in [0.1, 0.15) is 0 Å². The fourth-order valence-electron chi connectivity index (χ4n) is 2.13. The minimum absolute atomic E-state index is 0.253. The molecule has 130 valence electrons. The Bertz CT molecular complexity index is 752. The maximum absolute atomic E-state index is 11.7. The van der Waals surface area contributed by atoms with E-state index in [0.717, 1.165) is 18.7 Å². The highest BCUT2D eigenvalue weighted by Crippen LogP contribution is 2.09. The van der Waals surface area contributed by atoms with Crippen LogP contribution in [0.1, 0.15) is 5.56 Å². The molecule has 1 heterocycles. The third-order valence-electron chi connectivity index (χ3n) is 3.51. The number of sulfonamides is 1. The van der Waals surface area contributed by atoms with Gasteiger partial charge in [-0.3, -0.25) is 4.99 Å². The van der Waals surface area contributed by atoms with Gasteiger partial charge in [0.05, 0.1) is 4.90 Å². The summed E-state index contributed by atoms with van der Waals surface area (Å²) in [6.45, 7) is 2.17. The van der Waals surface area contributed by atoms with Crippen molar-refractivity contribution in [1.82, 2.24) is 19.9 Å². The van der Waals surface area contributed by atoms with Gasteiger partial charge in [0, 0.05) is 39.1 Å². The summed E-state index contributed by atoms with van der Waals surface area (Å²) in [5, 5.41) is 6.44. The lowest BCUT2D eigenvalue weighted by atomic mass is 10.2. The van der Waals surface area contributed by atoms with Gasteiger partial charge >= 0.3 is 0 Å². The van der Waals surface area contributed by atoms with Crippen LogP contribution in [0.25, 0.3) is 0 Å². The lowest BCUT2D eigenvalue weighted by molar-refractivity contribution is 0.588. The van der Waals surface area contributed by atoms with E-state index >= 15 is 0 Å². The van der Waals surface area contributed by atoms with Crippen LogP contribution in [0, 0.1) is 0 Å². The first-order valence-electron chi connectivity index (χ1n) is 7.63. The summed E-state index contributed by atoms with van der Waals surface area (Å²) in [7, 11) is -0.280. The van der Waals surface area contributed by atoms with Crippen LogP contribution >= 0.6 is 0 Å². The molecule has 0 aliphatic carbocycles. The lowest BCUT2D eigenvalue weighted by Crippen LogP contribution is -2.38. The number of hydrogen-bond acceptors (Lipinski definition) is 3. The van der Waals surface area contributed by atoms with Crippen molar-refractivity contribution in [1.29, 1.82) is 0 Å². The predicted molar refractivity (Wildman–Crippen MR) is 95.3 cm³/mol. The molecule has 0 radical (unpaired) electrons. The molecule has 0 aliphatic heterocycles. The number of aromatic nitrogens is 1. The lowest BCUT2D eigenvalue weighted by Gasteiger charge is -2.12. The molecular weight excluding hydrogens is 326 g/mol. The fourth-order valence-corrected chi connectivity index (χ4v) is 2.86. The molecule has 2 aromatic rings. The van der Waals surface area contributed by atoms with E-state index in [0.29, 0.717) is 12.5 Å². The van der Waals surface area contributed by atoms with E-state index in [1.807, 2.05) is 24.5 Å². The molecule has 0 aliphatic rings. The number of nitrogens with zero attached hydrogens (tertiary/aromatic N) is 2. The smallest absolute Gasteiger partial charge is 0.240 e. The molecule has 0 unspecified atom stereocenters. The van der Waals surface area contributed by atoms with Crippen molar-refractivity contribution in [2.24, 2.45) is 4.99 Å². The van der Waals surface area contributed by atoms with E-state index in [2.05, 4.69) is 24.9 Å². The molecule has 0 saturated carbocycles. The molecule has 7 nitrogen and oxygen atoms in total. The Morgan fingerprint density at radius 2 is 1.79 bits per heavy atom. The van der Waals surface area contributed by atoms with E-state index in [-0.39, 0.29) is 4.90 Å². The summed E-state index contributed by atoms with van der Waals surface area (Å²) in [5.41, 5.74) is 0.971. The second-order valence-electron chi connectivity index (χ2n) is 5.12. The highest BCUT2D eigenvalue weighted by atomic mass is 32.2. The van der Waals surface area contributed by atoms with Crippen LogP contribution in [0.5, 0.6) is 0 Å². The molecule has 1 aromatic heterocycles. The van der Waals surface area contributed by atoms with Gasteiger partial charge in [-0.1, -0.05) is 12.1 Å². The molecular formula is C16H23N5O2S. The molecule has 8 heteroatoms. The zero-order chi connectivity index (χ0) is 17.4. The van der Waals surface area contributed by atoms with Gasteiger partial charge in [0.25, 0.3) is 0 Å². The van der Waals surface area contributed by atoms with E-state index in [1.165, 1.54) is 7.05 Å². The van der Waals surface area contributed by atoms with Gasteiger partial charge in [-0.25, -0.2) is 13.1 Å². The topological polar surface area (TPSA) is 87.5 Å². The first-order chi connectivity index (χ1) is 11.5. The Balaban J connectivity index is 1.82. The van der Waals surface area contributed by atoms with Gasteiger partial charge < -0.3 is 15.2 Å². The highest BCUT2D eigenvalue weighted by molar-refractivity contribution is 7.89. The number of rotatable bonds is 7. The molecule has 0 amide bonds. The first-order valence-corrected chi connectivity index (χ1v) is 9.11. The molecule has 0 fully saturated rings. The third kappa shape index (κ3) is 5.10. The number of nitrogens with one attached hydrogen (secondary N) is 3. The van der Waals surface area contributed by atoms with Gasteiger partial charge in [0.2, 0.25) is 10.0 Å². The van der Waals surface area contributed by atoms with Gasteiger partial charge in [-0.15, -0.1) is 0 Å². The third-order valence-corrected chi connectivity index (χ3v) is 4.94. The van der Waals surface area contributed by atoms with Crippen LogP contribution in [0.15, 0.2) is 58.7 Å². The van der Waals surface area contributed by atoms with Crippen molar-refractivity contribution in [2.75, 3.05) is 20.6 Å². The van der Waals surface area contributed by atoms with E-state index < -0.39 is 10.0 Å². The van der Waals surface area contributed by atoms with E-state index in [4.69, 9.17) is 0 Å². The average molecular weight is 349 g/mol. The van der Waals surface area contributed by atoms with Crippen molar-refractivity contribution in [2.45, 2.75) is 18.0 Å². The largest absolute Gasteiger partial charge is 0.355 e. The molecule has 24 heavy (non-hydrogen) atoms. The van der Waals surface area contributed by atoms with Crippen molar-refractivity contribution in [3.63, 3.8) is 0 Å². The Morgan fingerprint density at radius 1 is 1.12 bits per heavy atom. The highest BCUT2D eigenvalue weighted by Gasteiger charge is 2.10. The number of guanidine groups is 1. The second kappa shape index (κ2) is 8.51. The van der Waals surface area contributed by atoms with Crippen molar-refractivity contribution < 1.29 is 8.42 Å². The Hall–Kier alpha value is -2.32. The number of aliphatic imine (C=N–C) groups is 1. The number of hydrogen-bond donors (Lipinski definition) is 3. The predicted octanol–water partition coefficient (Wildman–Crippen LogP) is 0.761. The Labute approximate surface area is 142 Å². The normalized spacial score (nSPS) is 12.2. The summed E-state index contributed by atoms with van der Waals surface area (Å²) in [5.74, 6) is 0.703.